The number of aromatic hydroxyl groups is 1. The highest BCUT2D eigenvalue weighted by Crippen LogP contribution is 2.34. The van der Waals surface area contributed by atoms with Gasteiger partial charge < -0.3 is 9.84 Å². The average Bonchev–Trinajstić information content (AvgIpc) is 2.50. The van der Waals surface area contributed by atoms with Crippen LogP contribution in [0.4, 0.5) is 0 Å². The Morgan fingerprint density at radius 1 is 1.30 bits per heavy atom. The molecule has 0 unspecified atom stereocenters. The third kappa shape index (κ3) is 6.64. The van der Waals surface area contributed by atoms with E-state index in [0.29, 0.717) is 31.1 Å². The van der Waals surface area contributed by atoms with Crippen LogP contribution in [0.25, 0.3) is 0 Å². The molecule has 1 aromatic rings. The van der Waals surface area contributed by atoms with Crippen LogP contribution in [-0.2, 0) is 21.4 Å². The van der Waals surface area contributed by atoms with E-state index in [1.807, 2.05) is 12.1 Å². The van der Waals surface area contributed by atoms with Crippen molar-refractivity contribution in [3.8, 4) is 5.75 Å². The molecule has 0 aliphatic rings. The Morgan fingerprint density at radius 2 is 2.00 bits per heavy atom. The summed E-state index contributed by atoms with van der Waals surface area (Å²) in [5.41, 5.74) is 1.94. The molecular formula is C20H32O3. The Balaban J connectivity index is 2.52. The second kappa shape index (κ2) is 8.95. The second-order valence-electron chi connectivity index (χ2n) is 7.35. The number of hydrogen-bond acceptors (Lipinski definition) is 3. The van der Waals surface area contributed by atoms with Crippen molar-refractivity contribution in [2.45, 2.75) is 72.1 Å². The van der Waals surface area contributed by atoms with Crippen LogP contribution in [0.15, 0.2) is 18.2 Å². The summed E-state index contributed by atoms with van der Waals surface area (Å²) >= 11 is 0. The summed E-state index contributed by atoms with van der Waals surface area (Å²) in [7, 11) is 0. The van der Waals surface area contributed by atoms with Gasteiger partial charge in [-0.05, 0) is 54.2 Å². The van der Waals surface area contributed by atoms with E-state index in [2.05, 4.69) is 34.6 Å². The maximum Gasteiger partial charge on any atom is 0.306 e. The molecule has 1 rings (SSSR count). The van der Waals surface area contributed by atoms with E-state index in [0.717, 1.165) is 30.4 Å². The Bertz CT molecular complexity index is 504. The van der Waals surface area contributed by atoms with Crippen molar-refractivity contribution in [2.75, 3.05) is 6.61 Å². The minimum Gasteiger partial charge on any atom is -0.508 e. The molecule has 0 saturated carbocycles. The number of rotatable bonds is 9. The van der Waals surface area contributed by atoms with Gasteiger partial charge in [0.15, 0.2) is 0 Å². The van der Waals surface area contributed by atoms with Crippen molar-refractivity contribution >= 4 is 5.97 Å². The van der Waals surface area contributed by atoms with Crippen LogP contribution in [0.1, 0.15) is 71.4 Å². The molecule has 1 aromatic carbocycles. The Morgan fingerprint density at radius 3 is 2.61 bits per heavy atom. The molecule has 0 atom stereocenters. The number of phenols is 1. The zero-order valence-electron chi connectivity index (χ0n) is 15.3. The molecule has 0 heterocycles. The summed E-state index contributed by atoms with van der Waals surface area (Å²) in [5, 5.41) is 10.1. The van der Waals surface area contributed by atoms with Gasteiger partial charge in [0.05, 0.1) is 6.61 Å². The summed E-state index contributed by atoms with van der Waals surface area (Å²) in [5.74, 6) is 0.834. The van der Waals surface area contributed by atoms with Crippen molar-refractivity contribution in [2.24, 2.45) is 5.92 Å². The van der Waals surface area contributed by atoms with Gasteiger partial charge in [-0.1, -0.05) is 46.8 Å². The lowest BCUT2D eigenvalue weighted by Crippen LogP contribution is -2.16. The number of esters is 1. The molecule has 130 valence electrons. The first-order valence-corrected chi connectivity index (χ1v) is 8.74. The molecule has 3 nitrogen and oxygen atoms in total. The summed E-state index contributed by atoms with van der Waals surface area (Å²) in [4.78, 5) is 11.8. The summed E-state index contributed by atoms with van der Waals surface area (Å²) in [6, 6.07) is 5.64. The monoisotopic (exact) mass is 320 g/mol. The molecular weight excluding hydrogens is 288 g/mol. The molecule has 0 bridgehead atoms. The van der Waals surface area contributed by atoms with E-state index in [1.54, 1.807) is 6.07 Å². The number of phenolic OH excluding ortho intramolecular Hbond substituents is 1. The number of aryl methyl sites for hydroxylation is 1. The lowest BCUT2D eigenvalue weighted by atomic mass is 9.81. The van der Waals surface area contributed by atoms with Crippen molar-refractivity contribution in [1.29, 1.82) is 0 Å². The van der Waals surface area contributed by atoms with Crippen molar-refractivity contribution in [3.05, 3.63) is 29.3 Å². The first-order chi connectivity index (χ1) is 10.8. The van der Waals surface area contributed by atoms with E-state index in [-0.39, 0.29) is 11.4 Å². The zero-order valence-corrected chi connectivity index (χ0v) is 15.3. The molecule has 3 heteroatoms. The fourth-order valence-corrected chi connectivity index (χ4v) is 2.47. The average molecular weight is 320 g/mol. The number of carbonyl (C=O) groups is 1. The topological polar surface area (TPSA) is 46.5 Å². The largest absolute Gasteiger partial charge is 0.508 e. The van der Waals surface area contributed by atoms with Gasteiger partial charge in [0.1, 0.15) is 5.75 Å². The fourth-order valence-electron chi connectivity index (χ4n) is 2.47. The molecule has 23 heavy (non-hydrogen) atoms. The highest BCUT2D eigenvalue weighted by molar-refractivity contribution is 5.69. The summed E-state index contributed by atoms with van der Waals surface area (Å²) < 4.78 is 5.27. The van der Waals surface area contributed by atoms with E-state index >= 15 is 0 Å². The van der Waals surface area contributed by atoms with E-state index in [9.17, 15) is 9.90 Å². The predicted octanol–water partition coefficient (Wildman–Crippen LogP) is 4.99. The lowest BCUT2D eigenvalue weighted by molar-refractivity contribution is -0.143. The Kier molecular flexibility index (Phi) is 7.60. The molecule has 0 spiro atoms. The SMILES string of the molecule is CCC(C)(C)c1cc(CCC(=O)OCCCC(C)C)ccc1O. The summed E-state index contributed by atoms with van der Waals surface area (Å²) in [6.45, 7) is 11.2. The molecule has 0 amide bonds. The van der Waals surface area contributed by atoms with Crippen LogP contribution in [-0.4, -0.2) is 17.7 Å². The minimum atomic E-state index is -0.141. The number of carbonyl (C=O) groups excluding carboxylic acids is 1. The van der Waals surface area contributed by atoms with Crippen LogP contribution >= 0.6 is 0 Å². The quantitative estimate of drug-likeness (QED) is 0.515. The van der Waals surface area contributed by atoms with Gasteiger partial charge >= 0.3 is 5.97 Å². The second-order valence-corrected chi connectivity index (χ2v) is 7.35. The van der Waals surface area contributed by atoms with Crippen molar-refractivity contribution in [3.63, 3.8) is 0 Å². The number of ether oxygens (including phenoxy) is 1. The first kappa shape index (κ1) is 19.5. The van der Waals surface area contributed by atoms with Gasteiger partial charge in [0.2, 0.25) is 0 Å². The predicted molar refractivity (Wildman–Crippen MR) is 94.8 cm³/mol. The van der Waals surface area contributed by atoms with Gasteiger partial charge in [-0.3, -0.25) is 4.79 Å². The molecule has 1 N–H and O–H groups in total. The molecule has 0 aliphatic carbocycles. The number of benzene rings is 1. The first-order valence-electron chi connectivity index (χ1n) is 8.74. The van der Waals surface area contributed by atoms with E-state index in [4.69, 9.17) is 4.74 Å². The van der Waals surface area contributed by atoms with Gasteiger partial charge in [-0.15, -0.1) is 0 Å². The van der Waals surface area contributed by atoms with Crippen LogP contribution in [0, 0.1) is 5.92 Å². The molecule has 0 radical (unpaired) electrons. The van der Waals surface area contributed by atoms with Crippen molar-refractivity contribution in [1.82, 2.24) is 0 Å². The van der Waals surface area contributed by atoms with Crippen LogP contribution in [0.2, 0.25) is 0 Å². The molecule has 0 aliphatic heterocycles. The maximum atomic E-state index is 11.8. The zero-order chi connectivity index (χ0) is 17.5. The fraction of sp³-hybridized carbons (Fsp3) is 0.650. The van der Waals surface area contributed by atoms with Gasteiger partial charge in [-0.2, -0.15) is 0 Å². The summed E-state index contributed by atoms with van der Waals surface area (Å²) in [6.07, 6.45) is 3.99. The normalized spacial score (nSPS) is 11.7. The Labute approximate surface area is 141 Å². The highest BCUT2D eigenvalue weighted by Gasteiger charge is 2.22. The Hall–Kier alpha value is -1.51. The minimum absolute atomic E-state index is 0.0720. The van der Waals surface area contributed by atoms with Gasteiger partial charge in [0, 0.05) is 6.42 Å². The molecule has 0 saturated heterocycles. The third-order valence-electron chi connectivity index (χ3n) is 4.48. The van der Waals surface area contributed by atoms with Crippen LogP contribution in [0.3, 0.4) is 0 Å². The van der Waals surface area contributed by atoms with Crippen LogP contribution in [0.5, 0.6) is 5.75 Å². The van der Waals surface area contributed by atoms with E-state index < -0.39 is 0 Å². The smallest absolute Gasteiger partial charge is 0.306 e. The third-order valence-corrected chi connectivity index (χ3v) is 4.48. The van der Waals surface area contributed by atoms with Crippen LogP contribution < -0.4 is 0 Å². The van der Waals surface area contributed by atoms with Gasteiger partial charge in [0.25, 0.3) is 0 Å². The lowest BCUT2D eigenvalue weighted by Gasteiger charge is -2.25. The van der Waals surface area contributed by atoms with E-state index in [1.165, 1.54) is 0 Å². The van der Waals surface area contributed by atoms with Crippen molar-refractivity contribution < 1.29 is 14.6 Å². The molecule has 0 fully saturated rings. The molecule has 0 aromatic heterocycles. The van der Waals surface area contributed by atoms with Gasteiger partial charge in [-0.25, -0.2) is 0 Å². The maximum absolute atomic E-state index is 11.8. The standard InChI is InChI=1S/C20H32O3/c1-6-20(4,5)17-14-16(9-11-18(17)21)10-12-19(22)23-13-7-8-15(2)3/h9,11,14-15,21H,6-8,10,12-13H2,1-5H3. The highest BCUT2D eigenvalue weighted by atomic mass is 16.5. The number of hydrogen-bond donors (Lipinski definition) is 1.